The Morgan fingerprint density at radius 1 is 1.45 bits per heavy atom. The minimum absolute atomic E-state index is 0.00945. The first-order valence-corrected chi connectivity index (χ1v) is 5.83. The smallest absolute Gasteiger partial charge is 0.326 e. The lowest BCUT2D eigenvalue weighted by atomic mass is 10.1. The van der Waals surface area contributed by atoms with E-state index < -0.39 is 29.4 Å². The van der Waals surface area contributed by atoms with Crippen molar-refractivity contribution in [2.75, 3.05) is 6.61 Å². The first kappa shape index (κ1) is 15.9. The number of aliphatic hydroxyl groups is 1. The van der Waals surface area contributed by atoms with Gasteiger partial charge >= 0.3 is 5.97 Å². The summed E-state index contributed by atoms with van der Waals surface area (Å²) in [4.78, 5) is 32.5. The first-order valence-electron chi connectivity index (χ1n) is 5.45. The van der Waals surface area contributed by atoms with Gasteiger partial charge in [-0.25, -0.2) is 4.79 Å². The van der Waals surface area contributed by atoms with Gasteiger partial charge in [-0.05, 0) is 12.1 Å². The fourth-order valence-corrected chi connectivity index (χ4v) is 1.67. The number of nitrogens with zero attached hydrogens (tertiary/aromatic N) is 1. The molecule has 9 heteroatoms. The Morgan fingerprint density at radius 2 is 2.10 bits per heavy atom. The average Bonchev–Trinajstić information content (AvgIpc) is 2.37. The van der Waals surface area contributed by atoms with Crippen LogP contribution in [0.15, 0.2) is 18.2 Å². The number of aliphatic carboxylic acids is 1. The summed E-state index contributed by atoms with van der Waals surface area (Å²) in [5.41, 5.74) is -0.363. The Hall–Kier alpha value is -2.19. The highest BCUT2D eigenvalue weighted by molar-refractivity contribution is 6.33. The normalized spacial score (nSPS) is 11.7. The molecule has 0 spiro atoms. The summed E-state index contributed by atoms with van der Waals surface area (Å²) >= 11 is 5.65. The number of hydrogen-bond acceptors (Lipinski definition) is 5. The topological polar surface area (TPSA) is 130 Å². The number of rotatable bonds is 6. The maximum Gasteiger partial charge on any atom is 0.326 e. The Balaban J connectivity index is 2.90. The van der Waals surface area contributed by atoms with Crippen LogP contribution in [0.1, 0.15) is 16.8 Å². The molecule has 0 bridgehead atoms. The van der Waals surface area contributed by atoms with Crippen molar-refractivity contribution in [3.05, 3.63) is 38.9 Å². The van der Waals surface area contributed by atoms with Crippen LogP contribution >= 0.6 is 11.6 Å². The summed E-state index contributed by atoms with van der Waals surface area (Å²) in [6.45, 7) is -0.404. The van der Waals surface area contributed by atoms with Crippen molar-refractivity contribution in [3.63, 3.8) is 0 Å². The molecule has 0 fully saturated rings. The molecule has 1 atom stereocenters. The van der Waals surface area contributed by atoms with Gasteiger partial charge in [0.1, 0.15) is 11.1 Å². The second kappa shape index (κ2) is 6.83. The van der Waals surface area contributed by atoms with Gasteiger partial charge < -0.3 is 15.5 Å². The molecule has 108 valence electrons. The second-order valence-corrected chi connectivity index (χ2v) is 4.21. The molecule has 1 aromatic carbocycles. The molecule has 20 heavy (non-hydrogen) atoms. The van der Waals surface area contributed by atoms with Gasteiger partial charge in [0.15, 0.2) is 0 Å². The highest BCUT2D eigenvalue weighted by Gasteiger charge is 2.21. The number of nitro groups is 1. The van der Waals surface area contributed by atoms with Crippen LogP contribution in [0.25, 0.3) is 0 Å². The number of halogens is 1. The summed E-state index contributed by atoms with van der Waals surface area (Å²) in [7, 11) is 0. The molecule has 0 aromatic heterocycles. The van der Waals surface area contributed by atoms with E-state index in [1.807, 2.05) is 0 Å². The molecule has 0 heterocycles. The van der Waals surface area contributed by atoms with Crippen LogP contribution in [0.3, 0.4) is 0 Å². The van der Waals surface area contributed by atoms with Crippen LogP contribution in [0, 0.1) is 10.1 Å². The lowest BCUT2D eigenvalue weighted by Crippen LogP contribution is -2.41. The third-order valence-corrected chi connectivity index (χ3v) is 2.73. The second-order valence-electron chi connectivity index (χ2n) is 3.80. The predicted octanol–water partition coefficient (Wildman–Crippen LogP) is 0.814. The zero-order valence-electron chi connectivity index (χ0n) is 10.1. The number of aliphatic hydroxyl groups excluding tert-OH is 1. The Morgan fingerprint density at radius 3 is 2.55 bits per heavy atom. The minimum atomic E-state index is -1.29. The van der Waals surface area contributed by atoms with Crippen molar-refractivity contribution in [3.8, 4) is 0 Å². The molecular formula is C11H11ClN2O6. The Labute approximate surface area is 118 Å². The van der Waals surface area contributed by atoms with E-state index >= 15 is 0 Å². The molecule has 0 aliphatic heterocycles. The third kappa shape index (κ3) is 3.90. The zero-order chi connectivity index (χ0) is 15.3. The van der Waals surface area contributed by atoms with Crippen LogP contribution in [0.5, 0.6) is 0 Å². The van der Waals surface area contributed by atoms with Crippen molar-refractivity contribution in [1.29, 1.82) is 0 Å². The van der Waals surface area contributed by atoms with Crippen molar-refractivity contribution in [2.45, 2.75) is 12.5 Å². The maximum atomic E-state index is 11.8. The molecule has 3 N–H and O–H groups in total. The van der Waals surface area contributed by atoms with Crippen molar-refractivity contribution < 1.29 is 24.7 Å². The predicted molar refractivity (Wildman–Crippen MR) is 68.7 cm³/mol. The van der Waals surface area contributed by atoms with E-state index in [9.17, 15) is 19.7 Å². The number of hydrogen-bond donors (Lipinski definition) is 3. The lowest BCUT2D eigenvalue weighted by Gasteiger charge is -2.13. The first-order chi connectivity index (χ1) is 9.36. The summed E-state index contributed by atoms with van der Waals surface area (Å²) < 4.78 is 0. The highest BCUT2D eigenvalue weighted by atomic mass is 35.5. The molecule has 0 aliphatic carbocycles. The number of benzene rings is 1. The van der Waals surface area contributed by atoms with Gasteiger partial charge in [-0.2, -0.15) is 0 Å². The maximum absolute atomic E-state index is 11.8. The van der Waals surface area contributed by atoms with Crippen LogP contribution in [-0.4, -0.2) is 39.7 Å². The van der Waals surface area contributed by atoms with E-state index in [4.69, 9.17) is 21.8 Å². The van der Waals surface area contributed by atoms with Gasteiger partial charge in [-0.1, -0.05) is 11.6 Å². The molecule has 1 rings (SSSR count). The van der Waals surface area contributed by atoms with E-state index in [1.54, 1.807) is 0 Å². The van der Waals surface area contributed by atoms with Crippen LogP contribution in [-0.2, 0) is 4.79 Å². The molecule has 1 aromatic rings. The van der Waals surface area contributed by atoms with Gasteiger partial charge in [-0.3, -0.25) is 14.9 Å². The number of amides is 1. The number of nitro benzene ring substituents is 1. The molecule has 0 radical (unpaired) electrons. The SMILES string of the molecule is O=C(N[C@@H](CCO)C(=O)O)c1ccc([N+](=O)[O-])c(Cl)c1. The van der Waals surface area contributed by atoms with E-state index in [0.717, 1.165) is 18.2 Å². The van der Waals surface area contributed by atoms with Gasteiger partial charge in [-0.15, -0.1) is 0 Å². The van der Waals surface area contributed by atoms with Gasteiger partial charge in [0.05, 0.1) is 4.92 Å². The third-order valence-electron chi connectivity index (χ3n) is 2.43. The number of carbonyl (C=O) groups excluding carboxylic acids is 1. The molecule has 8 nitrogen and oxygen atoms in total. The summed E-state index contributed by atoms with van der Waals surface area (Å²) in [6, 6.07) is 2.05. The molecular weight excluding hydrogens is 292 g/mol. The average molecular weight is 303 g/mol. The molecule has 0 saturated carbocycles. The molecule has 1 amide bonds. The van der Waals surface area contributed by atoms with E-state index in [-0.39, 0.29) is 22.7 Å². The van der Waals surface area contributed by atoms with Gasteiger partial charge in [0.25, 0.3) is 11.6 Å². The number of nitrogens with one attached hydrogen (secondary N) is 1. The fraction of sp³-hybridized carbons (Fsp3) is 0.273. The highest BCUT2D eigenvalue weighted by Crippen LogP contribution is 2.24. The van der Waals surface area contributed by atoms with Crippen LogP contribution < -0.4 is 5.32 Å². The lowest BCUT2D eigenvalue weighted by molar-refractivity contribution is -0.384. The Bertz CT molecular complexity index is 548. The number of carboxylic acid groups (broad SMARTS) is 1. The molecule has 0 saturated heterocycles. The quantitative estimate of drug-likeness (QED) is 0.526. The number of carboxylic acids is 1. The zero-order valence-corrected chi connectivity index (χ0v) is 10.8. The molecule has 0 aliphatic rings. The molecule has 0 unspecified atom stereocenters. The van der Waals surface area contributed by atoms with Gasteiger partial charge in [0, 0.05) is 24.7 Å². The minimum Gasteiger partial charge on any atom is -0.480 e. The Kier molecular flexibility index (Phi) is 5.42. The van der Waals surface area contributed by atoms with Crippen molar-refractivity contribution in [1.82, 2.24) is 5.32 Å². The van der Waals surface area contributed by atoms with E-state index in [0.29, 0.717) is 0 Å². The summed E-state index contributed by atoms with van der Waals surface area (Å²) in [5.74, 6) is -2.04. The largest absolute Gasteiger partial charge is 0.480 e. The van der Waals surface area contributed by atoms with E-state index in [1.165, 1.54) is 0 Å². The van der Waals surface area contributed by atoms with Gasteiger partial charge in [0.2, 0.25) is 0 Å². The van der Waals surface area contributed by atoms with Crippen molar-refractivity contribution >= 4 is 29.2 Å². The van der Waals surface area contributed by atoms with Crippen LogP contribution in [0.2, 0.25) is 5.02 Å². The van der Waals surface area contributed by atoms with Crippen LogP contribution in [0.4, 0.5) is 5.69 Å². The van der Waals surface area contributed by atoms with E-state index in [2.05, 4.69) is 5.32 Å². The summed E-state index contributed by atoms with van der Waals surface area (Å²) in [5, 5.41) is 30.1. The summed E-state index contributed by atoms with van der Waals surface area (Å²) in [6.07, 6.45) is -0.151. The number of carbonyl (C=O) groups is 2. The monoisotopic (exact) mass is 302 g/mol. The fourth-order valence-electron chi connectivity index (χ4n) is 1.42. The standard InChI is InChI=1S/C11H11ClN2O6/c12-7-5-6(1-2-9(7)14(19)20)10(16)13-8(3-4-15)11(17)18/h1-2,5,8,15H,3-4H2,(H,13,16)(H,17,18)/t8-/m0/s1. The van der Waals surface area contributed by atoms with Crippen molar-refractivity contribution in [2.24, 2.45) is 0 Å².